The zero-order valence-electron chi connectivity index (χ0n) is 19.3. The molecule has 0 amide bonds. The monoisotopic (exact) mass is 430 g/mol. The van der Waals surface area contributed by atoms with Gasteiger partial charge in [0, 0.05) is 39.3 Å². The number of hydrogen-bond acceptors (Lipinski definition) is 6. The minimum absolute atomic E-state index is 0.262. The fraction of sp³-hybridized carbons (Fsp3) is 0.760. The van der Waals surface area contributed by atoms with Crippen molar-refractivity contribution in [2.24, 2.45) is 16.7 Å². The molecule has 31 heavy (non-hydrogen) atoms. The Morgan fingerprint density at radius 3 is 2.55 bits per heavy atom. The lowest BCUT2D eigenvalue weighted by Gasteiger charge is -2.39. The Labute approximate surface area is 186 Å². The summed E-state index contributed by atoms with van der Waals surface area (Å²) in [7, 11) is 0. The molecule has 5 rings (SSSR count). The van der Waals surface area contributed by atoms with Crippen molar-refractivity contribution in [2.75, 3.05) is 46.1 Å². The number of ether oxygens (including phenoxy) is 3. The Hall–Kier alpha value is -1.34. The minimum atomic E-state index is -0.411. The molecular formula is C25H38N2O4. The molecule has 2 aliphatic carbocycles. The van der Waals surface area contributed by atoms with E-state index in [1.54, 1.807) is 0 Å². The van der Waals surface area contributed by atoms with E-state index in [-0.39, 0.29) is 5.41 Å². The van der Waals surface area contributed by atoms with E-state index in [0.29, 0.717) is 31.5 Å². The number of nitrogens with zero attached hydrogens (tertiary/aromatic N) is 2. The molecule has 1 aromatic rings. The second kappa shape index (κ2) is 8.22. The first-order valence-electron chi connectivity index (χ1n) is 12.0. The predicted octanol–water partition coefficient (Wildman–Crippen LogP) is 3.13. The smallest absolute Gasteiger partial charge is 0.231 e. The highest BCUT2D eigenvalue weighted by Gasteiger charge is 2.61. The van der Waals surface area contributed by atoms with Crippen molar-refractivity contribution in [1.82, 2.24) is 9.80 Å². The summed E-state index contributed by atoms with van der Waals surface area (Å²) >= 11 is 0. The van der Waals surface area contributed by atoms with Crippen molar-refractivity contribution in [3.8, 4) is 11.5 Å². The van der Waals surface area contributed by atoms with Gasteiger partial charge in [0.05, 0.1) is 18.8 Å². The number of aliphatic hydroxyl groups is 1. The molecule has 2 saturated carbocycles. The van der Waals surface area contributed by atoms with Crippen LogP contribution in [0.4, 0.5) is 0 Å². The zero-order chi connectivity index (χ0) is 21.6. The van der Waals surface area contributed by atoms with Crippen molar-refractivity contribution >= 4 is 0 Å². The Bertz CT molecular complexity index is 792. The average Bonchev–Trinajstić information content (AvgIpc) is 3.35. The molecular weight excluding hydrogens is 392 g/mol. The summed E-state index contributed by atoms with van der Waals surface area (Å²) in [5, 5.41) is 10.6. The Morgan fingerprint density at radius 2 is 1.84 bits per heavy atom. The van der Waals surface area contributed by atoms with Crippen LogP contribution in [0, 0.1) is 16.7 Å². The van der Waals surface area contributed by atoms with E-state index in [4.69, 9.17) is 14.2 Å². The van der Waals surface area contributed by atoms with E-state index < -0.39 is 6.10 Å². The number of benzene rings is 1. The lowest BCUT2D eigenvalue weighted by molar-refractivity contribution is -0.0807. The van der Waals surface area contributed by atoms with E-state index in [2.05, 4.69) is 42.7 Å². The van der Waals surface area contributed by atoms with Crippen molar-refractivity contribution in [2.45, 2.75) is 58.8 Å². The van der Waals surface area contributed by atoms with Crippen molar-refractivity contribution in [3.63, 3.8) is 0 Å². The van der Waals surface area contributed by atoms with Gasteiger partial charge in [0.15, 0.2) is 11.5 Å². The third kappa shape index (κ3) is 3.97. The molecule has 1 saturated heterocycles. The van der Waals surface area contributed by atoms with Crippen LogP contribution < -0.4 is 9.47 Å². The molecule has 0 aromatic heterocycles. The van der Waals surface area contributed by atoms with Crippen LogP contribution in [0.1, 0.15) is 45.6 Å². The normalized spacial score (nSPS) is 33.2. The molecule has 2 aliphatic heterocycles. The first kappa shape index (κ1) is 21.5. The number of aliphatic hydroxyl groups excluding tert-OH is 1. The van der Waals surface area contributed by atoms with Crippen LogP contribution >= 0.6 is 0 Å². The summed E-state index contributed by atoms with van der Waals surface area (Å²) in [5.74, 6) is 2.47. The lowest BCUT2D eigenvalue weighted by atomic mass is 9.70. The van der Waals surface area contributed by atoms with Gasteiger partial charge in [-0.25, -0.2) is 0 Å². The first-order valence-corrected chi connectivity index (χ1v) is 12.0. The summed E-state index contributed by atoms with van der Waals surface area (Å²) in [6, 6.07) is 6.22. The van der Waals surface area contributed by atoms with Crippen molar-refractivity contribution in [3.05, 3.63) is 23.8 Å². The van der Waals surface area contributed by atoms with Crippen molar-refractivity contribution < 1.29 is 19.3 Å². The van der Waals surface area contributed by atoms with Crippen LogP contribution in [-0.4, -0.2) is 73.2 Å². The molecule has 3 fully saturated rings. The van der Waals surface area contributed by atoms with Crippen LogP contribution in [0.3, 0.4) is 0 Å². The number of β-amino-alcohol motifs (C(OH)–C–C–N with tert-alkyl or cyclic N) is 1. The minimum Gasteiger partial charge on any atom is -0.454 e. The third-order valence-electron chi connectivity index (χ3n) is 8.98. The molecule has 1 aromatic carbocycles. The Kier molecular flexibility index (Phi) is 5.70. The highest BCUT2D eigenvalue weighted by Crippen LogP contribution is 2.66. The second-order valence-electron chi connectivity index (χ2n) is 10.9. The quantitative estimate of drug-likeness (QED) is 0.717. The average molecular weight is 431 g/mol. The molecule has 2 bridgehead atoms. The van der Waals surface area contributed by atoms with E-state index in [0.717, 1.165) is 56.6 Å². The molecule has 4 atom stereocenters. The Morgan fingerprint density at radius 1 is 1.10 bits per heavy atom. The highest BCUT2D eigenvalue weighted by molar-refractivity contribution is 5.44. The fourth-order valence-electron chi connectivity index (χ4n) is 6.39. The van der Waals surface area contributed by atoms with Gasteiger partial charge >= 0.3 is 0 Å². The molecule has 0 spiro atoms. The maximum Gasteiger partial charge on any atom is 0.231 e. The van der Waals surface area contributed by atoms with Gasteiger partial charge in [-0.2, -0.15) is 0 Å². The van der Waals surface area contributed by atoms with Gasteiger partial charge < -0.3 is 19.3 Å². The largest absolute Gasteiger partial charge is 0.454 e. The number of fused-ring (bicyclic) bond motifs is 3. The lowest BCUT2D eigenvalue weighted by Crippen LogP contribution is -2.49. The number of piperazine rings is 1. The zero-order valence-corrected chi connectivity index (χ0v) is 19.3. The van der Waals surface area contributed by atoms with Crippen LogP contribution in [0.5, 0.6) is 11.5 Å². The predicted molar refractivity (Wildman–Crippen MR) is 119 cm³/mol. The summed E-state index contributed by atoms with van der Waals surface area (Å²) in [4.78, 5) is 4.84. The molecule has 0 radical (unpaired) electrons. The molecule has 172 valence electrons. The summed E-state index contributed by atoms with van der Waals surface area (Å²) in [6.45, 7) is 13.6. The van der Waals surface area contributed by atoms with Crippen LogP contribution in [0.25, 0.3) is 0 Å². The number of rotatable bonds is 7. The van der Waals surface area contributed by atoms with E-state index in [9.17, 15) is 5.11 Å². The first-order chi connectivity index (χ1) is 14.8. The fourth-order valence-corrected chi connectivity index (χ4v) is 6.39. The molecule has 2 heterocycles. The van der Waals surface area contributed by atoms with Gasteiger partial charge in [0.2, 0.25) is 6.79 Å². The molecule has 6 heteroatoms. The standard InChI is InChI=1S/C25H38N2O4/c1-24(2)19-6-7-25(24,3)23(13-19)29-16-20(28)15-27-10-8-26(9-11-27)14-18-4-5-21-22(12-18)31-17-30-21/h4-5,12,19-20,23,28H,6-11,13-17H2,1-3H3/t19-,20-,23-,25+/m1/s1. The van der Waals surface area contributed by atoms with Gasteiger partial charge in [-0.05, 0) is 53.7 Å². The van der Waals surface area contributed by atoms with Gasteiger partial charge in [0.1, 0.15) is 0 Å². The molecule has 0 unspecified atom stereocenters. The van der Waals surface area contributed by atoms with E-state index in [1.165, 1.54) is 18.4 Å². The van der Waals surface area contributed by atoms with Crippen LogP contribution in [0.2, 0.25) is 0 Å². The van der Waals surface area contributed by atoms with Crippen molar-refractivity contribution in [1.29, 1.82) is 0 Å². The Balaban J connectivity index is 1.04. The van der Waals surface area contributed by atoms with Crippen LogP contribution in [0.15, 0.2) is 18.2 Å². The third-order valence-corrected chi connectivity index (χ3v) is 8.98. The van der Waals surface area contributed by atoms with Gasteiger partial charge in [-0.1, -0.05) is 26.8 Å². The summed E-state index contributed by atoms with van der Waals surface area (Å²) in [6.07, 6.45) is 3.65. The van der Waals surface area contributed by atoms with Gasteiger partial charge in [0.25, 0.3) is 0 Å². The molecule has 1 N–H and O–H groups in total. The molecule has 6 nitrogen and oxygen atoms in total. The number of hydrogen-bond donors (Lipinski definition) is 1. The molecule has 4 aliphatic rings. The summed E-state index contributed by atoms with van der Waals surface area (Å²) in [5.41, 5.74) is 1.88. The SMILES string of the molecule is CC1(C)[C@@H]2CC[C@@]1(C)[C@H](OC[C@H](O)CN1CCN(Cc3ccc4c(c3)OCO4)CC1)C2. The maximum atomic E-state index is 10.6. The summed E-state index contributed by atoms with van der Waals surface area (Å²) < 4.78 is 17.2. The maximum absolute atomic E-state index is 10.6. The van der Waals surface area contributed by atoms with Gasteiger partial charge in [-0.3, -0.25) is 9.80 Å². The van der Waals surface area contributed by atoms with E-state index in [1.807, 2.05) is 6.07 Å². The van der Waals surface area contributed by atoms with Crippen LogP contribution in [-0.2, 0) is 11.3 Å². The van der Waals surface area contributed by atoms with E-state index >= 15 is 0 Å². The topological polar surface area (TPSA) is 54.4 Å². The van der Waals surface area contributed by atoms with Gasteiger partial charge in [-0.15, -0.1) is 0 Å². The highest BCUT2D eigenvalue weighted by atomic mass is 16.7. The second-order valence-corrected chi connectivity index (χ2v) is 10.9.